The van der Waals surface area contributed by atoms with Crippen LogP contribution in [0.25, 0.3) is 0 Å². The normalized spacial score (nSPS) is 25.6. The molecule has 2 aliphatic heterocycles. The van der Waals surface area contributed by atoms with Crippen molar-refractivity contribution >= 4 is 14.2 Å². The average Bonchev–Trinajstić information content (AvgIpc) is 3.49. The molecule has 1 aromatic rings. The van der Waals surface area contributed by atoms with E-state index in [1.165, 1.54) is 16.8 Å². The third-order valence-electron chi connectivity index (χ3n) is 5.66. The van der Waals surface area contributed by atoms with Crippen LogP contribution in [0.2, 0.25) is 0 Å². The Bertz CT molecular complexity index is 940. The highest BCUT2D eigenvalue weighted by atomic mass is 31.2. The molecule has 0 aliphatic carbocycles. The summed E-state index contributed by atoms with van der Waals surface area (Å²) in [5.74, 6) is 0. The van der Waals surface area contributed by atoms with E-state index in [1.54, 1.807) is 7.11 Å². The monoisotopic (exact) mass is 499 g/mol. The molecule has 1 aromatic heterocycles. The number of rotatable bonds is 13. The first-order valence-electron chi connectivity index (χ1n) is 11.7. The summed E-state index contributed by atoms with van der Waals surface area (Å²) < 4.78 is 28.7. The van der Waals surface area contributed by atoms with Crippen LogP contribution in [0.1, 0.15) is 40.3 Å². The van der Waals surface area contributed by atoms with E-state index in [4.69, 9.17) is 18.5 Å². The Hall–Kier alpha value is -1.46. The summed E-state index contributed by atoms with van der Waals surface area (Å²) in [7, 11) is 4.03. The van der Waals surface area contributed by atoms with Crippen molar-refractivity contribution in [2.75, 3.05) is 40.9 Å². The van der Waals surface area contributed by atoms with Gasteiger partial charge in [0.05, 0.1) is 13.2 Å². The number of aromatic nitrogens is 2. The molecule has 1 N–H and O–H groups in total. The molecule has 3 unspecified atom stereocenters. The molecule has 0 spiro atoms. The molecule has 12 heteroatoms. The number of ether oxygens (including phenoxy) is 2. The third-order valence-corrected chi connectivity index (χ3v) is 7.79. The van der Waals surface area contributed by atoms with Crippen molar-refractivity contribution in [2.24, 2.45) is 4.99 Å². The lowest BCUT2D eigenvalue weighted by atomic mass is 10.1. The number of likely N-dealkylation sites (N-methyl/N-ethyl adjacent to an activating group) is 1. The van der Waals surface area contributed by atoms with Crippen molar-refractivity contribution < 1.29 is 18.5 Å². The van der Waals surface area contributed by atoms with E-state index >= 15 is 0 Å². The molecule has 1 fully saturated rings. The van der Waals surface area contributed by atoms with Crippen LogP contribution in [0.3, 0.4) is 0 Å². The summed E-state index contributed by atoms with van der Waals surface area (Å²) in [4.78, 5) is 32.6. The predicted octanol–water partition coefficient (Wildman–Crippen LogP) is 1.60. The van der Waals surface area contributed by atoms with Crippen LogP contribution in [-0.4, -0.2) is 96.1 Å². The Balaban J connectivity index is 1.90. The van der Waals surface area contributed by atoms with Crippen molar-refractivity contribution in [1.82, 2.24) is 19.1 Å². The SMILES string of the molecule is COC1C(OP(OCCC2=NC2)N(C(C)C)C(C)C)[C@@H](CN(C)C)O[C@H]1n1ccc(=O)[nH]c1=O. The zero-order valence-electron chi connectivity index (χ0n) is 21.1. The number of methoxy groups -OCH3 is 1. The van der Waals surface area contributed by atoms with Gasteiger partial charge in [-0.3, -0.25) is 19.3 Å². The van der Waals surface area contributed by atoms with Crippen molar-refractivity contribution in [1.29, 1.82) is 0 Å². The minimum absolute atomic E-state index is 0.192. The molecule has 192 valence electrons. The van der Waals surface area contributed by atoms with Crippen LogP contribution in [0.4, 0.5) is 0 Å². The highest BCUT2D eigenvalue weighted by molar-refractivity contribution is 7.44. The van der Waals surface area contributed by atoms with Crippen LogP contribution in [0.15, 0.2) is 26.8 Å². The number of hydrogen-bond acceptors (Lipinski definition) is 9. The van der Waals surface area contributed by atoms with Gasteiger partial charge < -0.3 is 23.4 Å². The average molecular weight is 500 g/mol. The molecule has 11 nitrogen and oxygen atoms in total. The molecule has 0 amide bonds. The van der Waals surface area contributed by atoms with Crippen molar-refractivity contribution in [3.8, 4) is 0 Å². The minimum atomic E-state index is -1.45. The molecule has 0 bridgehead atoms. The van der Waals surface area contributed by atoms with Gasteiger partial charge in [-0.05, 0) is 41.8 Å². The van der Waals surface area contributed by atoms with E-state index in [1.807, 2.05) is 19.0 Å². The Kier molecular flexibility index (Phi) is 9.57. The van der Waals surface area contributed by atoms with E-state index in [0.29, 0.717) is 13.2 Å². The van der Waals surface area contributed by atoms with E-state index in [9.17, 15) is 9.59 Å². The van der Waals surface area contributed by atoms with Crippen LogP contribution in [-0.2, 0) is 18.5 Å². The molecule has 34 heavy (non-hydrogen) atoms. The maximum atomic E-state index is 12.5. The van der Waals surface area contributed by atoms with Crippen LogP contribution >= 0.6 is 8.53 Å². The van der Waals surface area contributed by atoms with Crippen LogP contribution in [0.5, 0.6) is 0 Å². The van der Waals surface area contributed by atoms with Gasteiger partial charge in [0.2, 0.25) is 0 Å². The minimum Gasteiger partial charge on any atom is -0.374 e. The van der Waals surface area contributed by atoms with E-state index in [0.717, 1.165) is 18.7 Å². The van der Waals surface area contributed by atoms with Gasteiger partial charge in [0.1, 0.15) is 18.3 Å². The second-order valence-electron chi connectivity index (χ2n) is 9.39. The second kappa shape index (κ2) is 12.0. The van der Waals surface area contributed by atoms with Gasteiger partial charge in [-0.15, -0.1) is 0 Å². The Morgan fingerprint density at radius 3 is 2.44 bits per heavy atom. The van der Waals surface area contributed by atoms with Gasteiger partial charge in [0, 0.05) is 50.1 Å². The van der Waals surface area contributed by atoms with Crippen LogP contribution in [0, 0.1) is 0 Å². The Labute approximate surface area is 202 Å². The lowest BCUT2D eigenvalue weighted by Gasteiger charge is -2.38. The summed E-state index contributed by atoms with van der Waals surface area (Å²) >= 11 is 0. The molecule has 3 heterocycles. The largest absolute Gasteiger partial charge is 0.374 e. The number of aliphatic imine (C=N–C) groups is 1. The molecule has 2 aliphatic rings. The number of aromatic amines is 1. The number of H-pyrrole nitrogens is 1. The standard InChI is InChI=1S/C22H38N5O6P/c1-14(2)27(15(3)4)34(31-11-9-16-12-23-16)33-19-17(13-25(5)6)32-21(20(19)30-7)26-10-8-18(28)24-22(26)29/h8,10,14-15,17,19-21H,9,11-13H2,1-7H3,(H,24,28,29)/t17-,19?,20?,21-,34?/m1/s1. The summed E-state index contributed by atoms with van der Waals surface area (Å²) in [6.07, 6.45) is -0.00830. The van der Waals surface area contributed by atoms with E-state index in [2.05, 4.69) is 42.3 Å². The lowest BCUT2D eigenvalue weighted by Crippen LogP contribution is -2.43. The van der Waals surface area contributed by atoms with Gasteiger partial charge >= 0.3 is 5.69 Å². The van der Waals surface area contributed by atoms with E-state index in [-0.39, 0.29) is 18.2 Å². The maximum absolute atomic E-state index is 12.5. The smallest absolute Gasteiger partial charge is 0.330 e. The predicted molar refractivity (Wildman–Crippen MR) is 131 cm³/mol. The van der Waals surface area contributed by atoms with Crippen LogP contribution < -0.4 is 11.2 Å². The summed E-state index contributed by atoms with van der Waals surface area (Å²) in [6.45, 7) is 10.4. The van der Waals surface area contributed by atoms with Gasteiger partial charge in [-0.2, -0.15) is 0 Å². The van der Waals surface area contributed by atoms with Gasteiger partial charge in [0.25, 0.3) is 14.1 Å². The Morgan fingerprint density at radius 2 is 1.91 bits per heavy atom. The fourth-order valence-corrected chi connectivity index (χ4v) is 5.90. The zero-order chi connectivity index (χ0) is 25.0. The fourth-order valence-electron chi connectivity index (χ4n) is 4.13. The first kappa shape index (κ1) is 27.1. The number of hydrogen-bond donors (Lipinski definition) is 1. The molecular weight excluding hydrogens is 461 g/mol. The zero-order valence-corrected chi connectivity index (χ0v) is 22.0. The Morgan fingerprint density at radius 1 is 1.24 bits per heavy atom. The highest BCUT2D eigenvalue weighted by Gasteiger charge is 2.49. The first-order valence-corrected chi connectivity index (χ1v) is 12.8. The summed E-state index contributed by atoms with van der Waals surface area (Å²) in [5, 5.41) is 0. The first-order chi connectivity index (χ1) is 16.1. The molecule has 1 saturated heterocycles. The van der Waals surface area contributed by atoms with Crippen molar-refractivity contribution in [3.05, 3.63) is 33.1 Å². The lowest BCUT2D eigenvalue weighted by molar-refractivity contribution is -0.0564. The third kappa shape index (κ3) is 6.81. The molecule has 0 radical (unpaired) electrons. The summed E-state index contributed by atoms with van der Waals surface area (Å²) in [6, 6.07) is 1.68. The molecule has 3 rings (SSSR count). The quantitative estimate of drug-likeness (QED) is 0.408. The molecule has 0 aromatic carbocycles. The maximum Gasteiger partial charge on any atom is 0.330 e. The highest BCUT2D eigenvalue weighted by Crippen LogP contribution is 2.50. The second-order valence-corrected chi connectivity index (χ2v) is 10.8. The molecule has 5 atom stereocenters. The van der Waals surface area contributed by atoms with Gasteiger partial charge in [-0.25, -0.2) is 9.46 Å². The molecular formula is C22H38N5O6P. The van der Waals surface area contributed by atoms with Gasteiger partial charge in [0.15, 0.2) is 6.23 Å². The molecule has 0 saturated carbocycles. The summed E-state index contributed by atoms with van der Waals surface area (Å²) in [5.41, 5.74) is 0.142. The van der Waals surface area contributed by atoms with Crippen molar-refractivity contribution in [3.63, 3.8) is 0 Å². The number of nitrogens with zero attached hydrogens (tertiary/aromatic N) is 4. The van der Waals surface area contributed by atoms with Crippen molar-refractivity contribution in [2.45, 2.75) is 70.7 Å². The van der Waals surface area contributed by atoms with E-state index < -0.39 is 38.2 Å². The topological polar surface area (TPSA) is 111 Å². The van der Waals surface area contributed by atoms with Gasteiger partial charge in [-0.1, -0.05) is 0 Å². The fraction of sp³-hybridized carbons (Fsp3) is 0.773. The number of nitrogens with one attached hydrogen (secondary N) is 1.